The molecular weight excluding hydrogens is 282 g/mol. The molecule has 3 nitrogen and oxygen atoms in total. The lowest BCUT2D eigenvalue weighted by Crippen LogP contribution is -2.31. The van der Waals surface area contributed by atoms with Gasteiger partial charge in [0, 0.05) is 10.5 Å². The predicted octanol–water partition coefficient (Wildman–Crippen LogP) is 3.75. The Balaban J connectivity index is 2.17. The van der Waals surface area contributed by atoms with E-state index in [0.717, 1.165) is 4.47 Å². The lowest BCUT2D eigenvalue weighted by molar-refractivity contribution is 0.0698. The predicted molar refractivity (Wildman–Crippen MR) is 71.5 cm³/mol. The zero-order valence-corrected chi connectivity index (χ0v) is 11.3. The van der Waals surface area contributed by atoms with E-state index in [1.54, 1.807) is 12.1 Å². The molecule has 2 N–H and O–H groups in total. The number of benzene rings is 1. The summed E-state index contributed by atoms with van der Waals surface area (Å²) in [6.07, 6.45) is 3.77. The summed E-state index contributed by atoms with van der Waals surface area (Å²) < 4.78 is 0.894. The van der Waals surface area contributed by atoms with Gasteiger partial charge in [-0.05, 0) is 43.9 Å². The van der Waals surface area contributed by atoms with Gasteiger partial charge >= 0.3 is 5.97 Å². The molecule has 0 bridgehead atoms. The third-order valence-electron chi connectivity index (χ3n) is 3.45. The molecule has 1 fully saturated rings. The minimum atomic E-state index is -0.888. The Labute approximate surface area is 109 Å². The fourth-order valence-electron chi connectivity index (χ4n) is 2.13. The highest BCUT2D eigenvalue weighted by atomic mass is 79.9. The number of aromatic carboxylic acids is 1. The lowest BCUT2D eigenvalue weighted by Gasteiger charge is -2.32. The Kier molecular flexibility index (Phi) is 3.72. The summed E-state index contributed by atoms with van der Waals surface area (Å²) in [6, 6.07) is 5.54. The summed E-state index contributed by atoms with van der Waals surface area (Å²) >= 11 is 3.37. The van der Waals surface area contributed by atoms with Crippen molar-refractivity contribution in [3.05, 3.63) is 28.2 Å². The van der Waals surface area contributed by atoms with E-state index in [4.69, 9.17) is 5.11 Å². The maximum absolute atomic E-state index is 11.1. The number of hydrogen-bond donors (Lipinski definition) is 2. The highest BCUT2D eigenvalue weighted by Crippen LogP contribution is 2.32. The van der Waals surface area contributed by atoms with Crippen LogP contribution < -0.4 is 5.32 Å². The van der Waals surface area contributed by atoms with Crippen LogP contribution in [0.1, 0.15) is 36.5 Å². The molecule has 0 saturated heterocycles. The van der Waals surface area contributed by atoms with Gasteiger partial charge in [-0.3, -0.25) is 0 Å². The molecule has 0 radical (unpaired) electrons. The number of carbonyl (C=O) groups is 1. The Morgan fingerprint density at radius 3 is 2.76 bits per heavy atom. The molecule has 1 aliphatic carbocycles. The van der Waals surface area contributed by atoms with Crippen molar-refractivity contribution in [2.45, 2.75) is 32.2 Å². The SMILES string of the molecule is CC(Nc1cc(Br)ccc1C(=O)O)C1CCC1. The van der Waals surface area contributed by atoms with Gasteiger partial charge in [0.25, 0.3) is 0 Å². The molecule has 1 atom stereocenters. The van der Waals surface area contributed by atoms with Crippen molar-refractivity contribution in [2.24, 2.45) is 5.92 Å². The van der Waals surface area contributed by atoms with Gasteiger partial charge in [0.1, 0.15) is 0 Å². The van der Waals surface area contributed by atoms with Crippen molar-refractivity contribution >= 4 is 27.6 Å². The zero-order valence-electron chi connectivity index (χ0n) is 9.74. The van der Waals surface area contributed by atoms with Gasteiger partial charge in [0.15, 0.2) is 0 Å². The molecule has 0 aromatic heterocycles. The number of anilines is 1. The first-order valence-electron chi connectivity index (χ1n) is 5.87. The van der Waals surface area contributed by atoms with E-state index in [0.29, 0.717) is 23.2 Å². The van der Waals surface area contributed by atoms with Crippen molar-refractivity contribution in [1.82, 2.24) is 0 Å². The Hall–Kier alpha value is -1.03. The van der Waals surface area contributed by atoms with E-state index in [1.165, 1.54) is 19.3 Å². The first-order valence-corrected chi connectivity index (χ1v) is 6.66. The minimum absolute atomic E-state index is 0.330. The van der Waals surface area contributed by atoms with Crippen LogP contribution in [0.4, 0.5) is 5.69 Å². The first kappa shape index (κ1) is 12.4. The number of halogens is 1. The molecule has 1 aliphatic rings. The van der Waals surface area contributed by atoms with Gasteiger partial charge in [-0.15, -0.1) is 0 Å². The van der Waals surface area contributed by atoms with E-state index >= 15 is 0 Å². The standard InChI is InChI=1S/C13H16BrNO2/c1-8(9-3-2-4-9)15-12-7-10(14)5-6-11(12)13(16)17/h5-9,15H,2-4H2,1H3,(H,16,17). The van der Waals surface area contributed by atoms with Crippen LogP contribution in [0.5, 0.6) is 0 Å². The normalized spacial score (nSPS) is 17.3. The van der Waals surface area contributed by atoms with Gasteiger partial charge in [-0.1, -0.05) is 22.4 Å². The molecule has 1 saturated carbocycles. The second kappa shape index (κ2) is 5.08. The molecule has 1 unspecified atom stereocenters. The van der Waals surface area contributed by atoms with Gasteiger partial charge < -0.3 is 10.4 Å². The van der Waals surface area contributed by atoms with Crippen LogP contribution in [0.25, 0.3) is 0 Å². The summed E-state index contributed by atoms with van der Waals surface area (Å²) in [6.45, 7) is 2.12. The van der Waals surface area contributed by atoms with Crippen LogP contribution in [-0.4, -0.2) is 17.1 Å². The third-order valence-corrected chi connectivity index (χ3v) is 3.95. The summed E-state index contributed by atoms with van der Waals surface area (Å²) in [5.74, 6) is -0.212. The Morgan fingerprint density at radius 2 is 2.24 bits per heavy atom. The second-order valence-electron chi connectivity index (χ2n) is 4.62. The van der Waals surface area contributed by atoms with E-state index in [2.05, 4.69) is 28.2 Å². The number of nitrogens with one attached hydrogen (secondary N) is 1. The van der Waals surface area contributed by atoms with Gasteiger partial charge in [-0.25, -0.2) is 4.79 Å². The molecule has 0 aliphatic heterocycles. The van der Waals surface area contributed by atoms with Crippen LogP contribution in [0, 0.1) is 5.92 Å². The molecule has 0 spiro atoms. The number of rotatable bonds is 4. The highest BCUT2D eigenvalue weighted by molar-refractivity contribution is 9.10. The van der Waals surface area contributed by atoms with Crippen molar-refractivity contribution in [3.8, 4) is 0 Å². The van der Waals surface area contributed by atoms with E-state index in [9.17, 15) is 4.79 Å². The zero-order chi connectivity index (χ0) is 12.4. The van der Waals surface area contributed by atoms with Crippen molar-refractivity contribution in [2.75, 3.05) is 5.32 Å². The molecular formula is C13H16BrNO2. The topological polar surface area (TPSA) is 49.3 Å². The maximum atomic E-state index is 11.1. The molecule has 17 heavy (non-hydrogen) atoms. The maximum Gasteiger partial charge on any atom is 0.337 e. The average Bonchev–Trinajstić information content (AvgIpc) is 2.13. The fourth-order valence-corrected chi connectivity index (χ4v) is 2.49. The molecule has 1 aromatic carbocycles. The smallest absolute Gasteiger partial charge is 0.337 e. The van der Waals surface area contributed by atoms with Crippen LogP contribution in [0.15, 0.2) is 22.7 Å². The molecule has 1 aromatic rings. The van der Waals surface area contributed by atoms with Gasteiger partial charge in [0.05, 0.1) is 11.3 Å². The quantitative estimate of drug-likeness (QED) is 0.890. The summed E-state index contributed by atoms with van der Waals surface area (Å²) in [5, 5.41) is 12.4. The minimum Gasteiger partial charge on any atom is -0.478 e. The molecule has 0 heterocycles. The van der Waals surface area contributed by atoms with E-state index in [1.807, 2.05) is 6.07 Å². The van der Waals surface area contributed by atoms with E-state index in [-0.39, 0.29) is 0 Å². The van der Waals surface area contributed by atoms with Crippen LogP contribution in [0.3, 0.4) is 0 Å². The highest BCUT2D eigenvalue weighted by Gasteiger charge is 2.24. The van der Waals surface area contributed by atoms with E-state index < -0.39 is 5.97 Å². The summed E-state index contributed by atoms with van der Waals surface area (Å²) in [7, 11) is 0. The third kappa shape index (κ3) is 2.80. The Morgan fingerprint density at radius 1 is 1.53 bits per heavy atom. The number of carboxylic acids is 1. The second-order valence-corrected chi connectivity index (χ2v) is 5.53. The molecule has 4 heteroatoms. The monoisotopic (exact) mass is 297 g/mol. The number of carboxylic acid groups (broad SMARTS) is 1. The van der Waals surface area contributed by atoms with Crippen molar-refractivity contribution in [3.63, 3.8) is 0 Å². The van der Waals surface area contributed by atoms with Crippen LogP contribution in [-0.2, 0) is 0 Å². The summed E-state index contributed by atoms with van der Waals surface area (Å²) in [5.41, 5.74) is 1.03. The average molecular weight is 298 g/mol. The molecule has 2 rings (SSSR count). The summed E-state index contributed by atoms with van der Waals surface area (Å²) in [4.78, 5) is 11.1. The lowest BCUT2D eigenvalue weighted by atomic mass is 9.80. The molecule has 92 valence electrons. The van der Waals surface area contributed by atoms with Crippen molar-refractivity contribution in [1.29, 1.82) is 0 Å². The largest absolute Gasteiger partial charge is 0.478 e. The van der Waals surface area contributed by atoms with Crippen molar-refractivity contribution < 1.29 is 9.90 Å². The number of hydrogen-bond acceptors (Lipinski definition) is 2. The van der Waals surface area contributed by atoms with Gasteiger partial charge in [-0.2, -0.15) is 0 Å². The van der Waals surface area contributed by atoms with Crippen LogP contribution >= 0.6 is 15.9 Å². The molecule has 0 amide bonds. The van der Waals surface area contributed by atoms with Crippen LogP contribution in [0.2, 0.25) is 0 Å². The fraction of sp³-hybridized carbons (Fsp3) is 0.462. The Bertz CT molecular complexity index is 429. The van der Waals surface area contributed by atoms with Gasteiger partial charge in [0.2, 0.25) is 0 Å². The first-order chi connectivity index (χ1) is 8.08.